The zero-order chi connectivity index (χ0) is 24.4. The maximum absolute atomic E-state index is 12.8. The second-order valence-electron chi connectivity index (χ2n) is 8.57. The molecule has 3 aromatic heterocycles. The van der Waals surface area contributed by atoms with Crippen LogP contribution in [0.3, 0.4) is 0 Å². The summed E-state index contributed by atoms with van der Waals surface area (Å²) in [6.07, 6.45) is 7.33. The Hall–Kier alpha value is -4.46. The summed E-state index contributed by atoms with van der Waals surface area (Å²) < 4.78 is 0. The van der Waals surface area contributed by atoms with Gasteiger partial charge in [0.15, 0.2) is 5.69 Å². The summed E-state index contributed by atoms with van der Waals surface area (Å²) in [5, 5.41) is 13.5. The summed E-state index contributed by atoms with van der Waals surface area (Å²) in [6, 6.07) is 15.0. The van der Waals surface area contributed by atoms with E-state index in [1.807, 2.05) is 49.4 Å². The Kier molecular flexibility index (Phi) is 6.01. The van der Waals surface area contributed by atoms with E-state index in [1.165, 1.54) is 0 Å². The first kappa shape index (κ1) is 22.3. The molecule has 8 nitrogen and oxygen atoms in total. The van der Waals surface area contributed by atoms with Gasteiger partial charge in [0, 0.05) is 30.7 Å². The largest absolute Gasteiger partial charge is 0.354 e. The zero-order valence-corrected chi connectivity index (χ0v) is 19.4. The molecule has 2 N–H and O–H groups in total. The van der Waals surface area contributed by atoms with Crippen LogP contribution in [0, 0.1) is 6.92 Å². The minimum absolute atomic E-state index is 0.255. The average molecular weight is 465 g/mol. The monoisotopic (exact) mass is 464 g/mol. The van der Waals surface area contributed by atoms with Gasteiger partial charge in [-0.25, -0.2) is 0 Å². The first-order valence-electron chi connectivity index (χ1n) is 11.4. The molecule has 0 spiro atoms. The van der Waals surface area contributed by atoms with Gasteiger partial charge in [0.25, 0.3) is 11.8 Å². The van der Waals surface area contributed by atoms with Crippen molar-refractivity contribution in [1.82, 2.24) is 25.5 Å². The molecular weight excluding hydrogens is 440 g/mol. The molecule has 35 heavy (non-hydrogen) atoms. The van der Waals surface area contributed by atoms with Crippen LogP contribution in [0.25, 0.3) is 22.4 Å². The third kappa shape index (κ3) is 4.91. The molecule has 8 heteroatoms. The van der Waals surface area contributed by atoms with Crippen LogP contribution in [0.5, 0.6) is 0 Å². The van der Waals surface area contributed by atoms with Crippen LogP contribution in [0.2, 0.25) is 0 Å². The number of benzene rings is 1. The molecule has 5 rings (SSSR count). The Labute approximate surface area is 202 Å². The number of hydrogen-bond acceptors (Lipinski definition) is 6. The van der Waals surface area contributed by atoms with E-state index < -0.39 is 0 Å². The fraction of sp³-hybridized carbons (Fsp3) is 0.185. The summed E-state index contributed by atoms with van der Waals surface area (Å²) in [5.74, 6) is -0.0462. The van der Waals surface area contributed by atoms with E-state index in [9.17, 15) is 9.59 Å². The Bertz CT molecular complexity index is 1430. The summed E-state index contributed by atoms with van der Waals surface area (Å²) in [4.78, 5) is 33.4. The molecular formula is C27H24N6O2. The SMILES string of the molecule is CNC(=O)c1cc(-c2cc(-c3cc(NC(=O)c4cc(C5CC5)cnn4)ccc3C)ccn2)ccn1. The molecule has 1 aliphatic carbocycles. The maximum atomic E-state index is 12.8. The van der Waals surface area contributed by atoms with Gasteiger partial charge in [0.05, 0.1) is 11.9 Å². The van der Waals surface area contributed by atoms with E-state index in [1.54, 1.807) is 31.7 Å². The van der Waals surface area contributed by atoms with Crippen LogP contribution in [0.4, 0.5) is 5.69 Å². The molecule has 4 aromatic rings. The smallest absolute Gasteiger partial charge is 0.276 e. The Morgan fingerprint density at radius 3 is 2.49 bits per heavy atom. The lowest BCUT2D eigenvalue weighted by Gasteiger charge is -2.12. The van der Waals surface area contributed by atoms with Crippen LogP contribution in [-0.4, -0.2) is 39.0 Å². The number of carbonyl (C=O) groups is 2. The zero-order valence-electron chi connectivity index (χ0n) is 19.4. The minimum Gasteiger partial charge on any atom is -0.354 e. The van der Waals surface area contributed by atoms with E-state index in [2.05, 4.69) is 30.8 Å². The van der Waals surface area contributed by atoms with E-state index in [0.29, 0.717) is 23.0 Å². The Balaban J connectivity index is 1.42. The molecule has 2 amide bonds. The molecule has 0 unspecified atom stereocenters. The first-order valence-corrected chi connectivity index (χ1v) is 11.4. The standard InChI is InChI=1S/C27H24N6O2/c1-16-3-6-21(32-27(35)25-13-20(15-31-33-25)17-4-5-17)14-22(16)18-7-9-29-23(11-18)19-8-10-30-24(12-19)26(34)28-2/h3,6-15,17H,4-5H2,1-2H3,(H,28,34)(H,32,35). The molecule has 1 aromatic carbocycles. The molecule has 0 saturated heterocycles. The van der Waals surface area contributed by atoms with Gasteiger partial charge in [-0.05, 0) is 90.4 Å². The van der Waals surface area contributed by atoms with Crippen molar-refractivity contribution >= 4 is 17.5 Å². The second kappa shape index (κ2) is 9.42. The van der Waals surface area contributed by atoms with Gasteiger partial charge in [0.1, 0.15) is 5.69 Å². The van der Waals surface area contributed by atoms with E-state index in [0.717, 1.165) is 46.4 Å². The van der Waals surface area contributed by atoms with Crippen molar-refractivity contribution in [3.8, 4) is 22.4 Å². The first-order chi connectivity index (χ1) is 17.0. The normalized spacial score (nSPS) is 12.7. The maximum Gasteiger partial charge on any atom is 0.276 e. The van der Waals surface area contributed by atoms with Crippen LogP contribution in [0.1, 0.15) is 50.9 Å². The quantitative estimate of drug-likeness (QED) is 0.438. The topological polar surface area (TPSA) is 110 Å². The van der Waals surface area contributed by atoms with Crippen molar-refractivity contribution in [2.45, 2.75) is 25.7 Å². The fourth-order valence-corrected chi connectivity index (χ4v) is 3.94. The highest BCUT2D eigenvalue weighted by atomic mass is 16.2. The highest BCUT2D eigenvalue weighted by Gasteiger charge is 2.25. The number of carbonyl (C=O) groups excluding carboxylic acids is 2. The number of rotatable bonds is 6. The summed E-state index contributed by atoms with van der Waals surface area (Å²) in [5.41, 5.74) is 6.83. The lowest BCUT2D eigenvalue weighted by Crippen LogP contribution is -2.19. The van der Waals surface area contributed by atoms with Crippen molar-refractivity contribution in [3.05, 3.63) is 89.6 Å². The molecule has 3 heterocycles. The lowest BCUT2D eigenvalue weighted by molar-refractivity contribution is 0.0957. The molecule has 0 bridgehead atoms. The highest BCUT2D eigenvalue weighted by molar-refractivity contribution is 6.03. The van der Waals surface area contributed by atoms with E-state index >= 15 is 0 Å². The Morgan fingerprint density at radius 2 is 1.69 bits per heavy atom. The van der Waals surface area contributed by atoms with Crippen LogP contribution >= 0.6 is 0 Å². The van der Waals surface area contributed by atoms with E-state index in [-0.39, 0.29) is 11.8 Å². The lowest BCUT2D eigenvalue weighted by atomic mass is 9.98. The molecule has 174 valence electrons. The van der Waals surface area contributed by atoms with Gasteiger partial charge < -0.3 is 10.6 Å². The molecule has 1 saturated carbocycles. The fourth-order valence-electron chi connectivity index (χ4n) is 3.94. The van der Waals surface area contributed by atoms with Crippen LogP contribution in [-0.2, 0) is 0 Å². The number of aromatic nitrogens is 4. The number of nitrogens with zero attached hydrogens (tertiary/aromatic N) is 4. The number of nitrogens with one attached hydrogen (secondary N) is 2. The van der Waals surface area contributed by atoms with Crippen LogP contribution in [0.15, 0.2) is 67.1 Å². The van der Waals surface area contributed by atoms with Crippen molar-refractivity contribution in [3.63, 3.8) is 0 Å². The van der Waals surface area contributed by atoms with Gasteiger partial charge in [-0.3, -0.25) is 19.6 Å². The van der Waals surface area contributed by atoms with Gasteiger partial charge in [-0.15, -0.1) is 5.10 Å². The number of hydrogen-bond donors (Lipinski definition) is 2. The molecule has 0 aliphatic heterocycles. The van der Waals surface area contributed by atoms with Crippen molar-refractivity contribution in [1.29, 1.82) is 0 Å². The third-order valence-electron chi connectivity index (χ3n) is 6.04. The van der Waals surface area contributed by atoms with E-state index in [4.69, 9.17) is 0 Å². The second-order valence-corrected chi connectivity index (χ2v) is 8.57. The molecule has 1 aliphatic rings. The van der Waals surface area contributed by atoms with Gasteiger partial charge in [0.2, 0.25) is 0 Å². The number of anilines is 1. The number of pyridine rings is 2. The van der Waals surface area contributed by atoms with Gasteiger partial charge in [-0.2, -0.15) is 5.10 Å². The van der Waals surface area contributed by atoms with Gasteiger partial charge in [-0.1, -0.05) is 6.07 Å². The molecule has 0 atom stereocenters. The van der Waals surface area contributed by atoms with Crippen molar-refractivity contribution < 1.29 is 9.59 Å². The molecule has 0 radical (unpaired) electrons. The summed E-state index contributed by atoms with van der Waals surface area (Å²) in [6.45, 7) is 2.02. The summed E-state index contributed by atoms with van der Waals surface area (Å²) in [7, 11) is 1.57. The van der Waals surface area contributed by atoms with Crippen molar-refractivity contribution in [2.24, 2.45) is 0 Å². The van der Waals surface area contributed by atoms with Crippen LogP contribution < -0.4 is 10.6 Å². The number of amides is 2. The highest BCUT2D eigenvalue weighted by Crippen LogP contribution is 2.39. The van der Waals surface area contributed by atoms with Gasteiger partial charge >= 0.3 is 0 Å². The number of aryl methyl sites for hydroxylation is 1. The minimum atomic E-state index is -0.288. The average Bonchev–Trinajstić information content (AvgIpc) is 3.75. The third-order valence-corrected chi connectivity index (χ3v) is 6.04. The summed E-state index contributed by atoms with van der Waals surface area (Å²) >= 11 is 0. The Morgan fingerprint density at radius 1 is 0.886 bits per heavy atom. The van der Waals surface area contributed by atoms with Crippen molar-refractivity contribution in [2.75, 3.05) is 12.4 Å². The molecule has 1 fully saturated rings. The predicted molar refractivity (Wildman–Crippen MR) is 133 cm³/mol. The predicted octanol–water partition coefficient (Wildman–Crippen LogP) is 4.40.